The second-order valence-electron chi connectivity index (χ2n) is 7.09. The van der Waals surface area contributed by atoms with Crippen LogP contribution in [-0.4, -0.2) is 22.0 Å². The topological polar surface area (TPSA) is 92.4 Å². The molecule has 1 amide bonds. The van der Waals surface area contributed by atoms with E-state index >= 15 is 0 Å². The number of para-hydroxylation sites is 1. The van der Waals surface area contributed by atoms with Crippen LogP contribution in [0.3, 0.4) is 0 Å². The number of pyridine rings is 1. The molecule has 6 nitrogen and oxygen atoms in total. The van der Waals surface area contributed by atoms with Crippen molar-refractivity contribution in [2.24, 2.45) is 0 Å². The van der Waals surface area contributed by atoms with Gasteiger partial charge in [-0.25, -0.2) is 4.79 Å². The van der Waals surface area contributed by atoms with E-state index in [4.69, 9.17) is 4.42 Å². The first-order chi connectivity index (χ1) is 15.0. The van der Waals surface area contributed by atoms with Crippen LogP contribution in [0.2, 0.25) is 0 Å². The molecular formula is C24H16N2O4S. The summed E-state index contributed by atoms with van der Waals surface area (Å²) in [5.41, 5.74) is 3.75. The highest BCUT2D eigenvalue weighted by molar-refractivity contribution is 7.15. The number of furan rings is 1. The van der Waals surface area contributed by atoms with Crippen molar-refractivity contribution >= 4 is 50.1 Å². The van der Waals surface area contributed by atoms with E-state index in [1.165, 1.54) is 11.3 Å². The predicted molar refractivity (Wildman–Crippen MR) is 121 cm³/mol. The Morgan fingerprint density at radius 3 is 2.71 bits per heavy atom. The summed E-state index contributed by atoms with van der Waals surface area (Å²) in [4.78, 5) is 29.3. The third-order valence-corrected chi connectivity index (χ3v) is 6.04. The molecule has 3 heterocycles. The molecule has 2 aromatic carbocycles. The maximum Gasteiger partial charge on any atom is 0.339 e. The Labute approximate surface area is 180 Å². The molecule has 0 spiro atoms. The summed E-state index contributed by atoms with van der Waals surface area (Å²) in [6.45, 7) is 1.96. The molecule has 0 fully saturated rings. The highest BCUT2D eigenvalue weighted by atomic mass is 32.1. The summed E-state index contributed by atoms with van der Waals surface area (Å²) in [5.74, 6) is -1.49. The minimum atomic E-state index is -1.12. The number of carboxylic acid groups (broad SMARTS) is 1. The number of aromatic carboxylic acids is 1. The minimum Gasteiger partial charge on any atom is -0.478 e. The van der Waals surface area contributed by atoms with Gasteiger partial charge in [-0.2, -0.15) is 0 Å². The molecule has 0 aliphatic rings. The number of nitrogens with zero attached hydrogens (tertiary/aromatic N) is 1. The lowest BCUT2D eigenvalue weighted by Gasteiger charge is -2.09. The van der Waals surface area contributed by atoms with Gasteiger partial charge in [0.15, 0.2) is 5.76 Å². The fourth-order valence-corrected chi connectivity index (χ4v) is 4.62. The van der Waals surface area contributed by atoms with Gasteiger partial charge in [0.05, 0.1) is 5.52 Å². The lowest BCUT2D eigenvalue weighted by Crippen LogP contribution is -2.12. The standard InChI is InChI=1S/C24H16N2O4S/c1-13-8-9-15(16-6-4-10-25-21(13)16)17-12-31-23(20(17)24(28)29)26-22(27)19-11-14-5-2-3-7-18(14)30-19/h2-12H,1H3,(H,26,27)(H,28,29). The number of benzene rings is 2. The number of amides is 1. The summed E-state index contributed by atoms with van der Waals surface area (Å²) in [6.07, 6.45) is 1.71. The molecule has 0 atom stereocenters. The molecule has 152 valence electrons. The molecule has 0 saturated carbocycles. The summed E-state index contributed by atoms with van der Waals surface area (Å²) < 4.78 is 5.60. The number of nitrogens with one attached hydrogen (secondary N) is 1. The van der Waals surface area contributed by atoms with Crippen LogP contribution in [0, 0.1) is 6.92 Å². The summed E-state index contributed by atoms with van der Waals surface area (Å²) >= 11 is 1.17. The van der Waals surface area contributed by atoms with Crippen LogP contribution >= 0.6 is 11.3 Å². The van der Waals surface area contributed by atoms with Crippen molar-refractivity contribution in [1.29, 1.82) is 0 Å². The van der Waals surface area contributed by atoms with Crippen molar-refractivity contribution in [3.05, 3.63) is 83.1 Å². The summed E-state index contributed by atoms with van der Waals surface area (Å²) in [5, 5.41) is 16.3. The van der Waals surface area contributed by atoms with Crippen molar-refractivity contribution in [1.82, 2.24) is 4.98 Å². The van der Waals surface area contributed by atoms with Crippen LogP contribution in [-0.2, 0) is 0 Å². The van der Waals surface area contributed by atoms with Crippen molar-refractivity contribution in [3.63, 3.8) is 0 Å². The summed E-state index contributed by atoms with van der Waals surface area (Å²) in [7, 11) is 0. The van der Waals surface area contributed by atoms with Gasteiger partial charge >= 0.3 is 5.97 Å². The van der Waals surface area contributed by atoms with E-state index in [9.17, 15) is 14.7 Å². The average molecular weight is 428 g/mol. The van der Waals surface area contributed by atoms with Gasteiger partial charge in [-0.1, -0.05) is 36.4 Å². The van der Waals surface area contributed by atoms with Gasteiger partial charge in [-0.3, -0.25) is 9.78 Å². The van der Waals surface area contributed by atoms with Gasteiger partial charge in [0.1, 0.15) is 16.1 Å². The van der Waals surface area contributed by atoms with Crippen molar-refractivity contribution in [2.45, 2.75) is 6.92 Å². The average Bonchev–Trinajstić information content (AvgIpc) is 3.38. The SMILES string of the molecule is Cc1ccc(-c2csc(NC(=O)c3cc4ccccc4o3)c2C(=O)O)c2cccnc12. The molecule has 0 saturated heterocycles. The van der Waals surface area contributed by atoms with Crippen LogP contribution in [0.4, 0.5) is 5.00 Å². The van der Waals surface area contributed by atoms with Crippen molar-refractivity contribution in [3.8, 4) is 11.1 Å². The van der Waals surface area contributed by atoms with E-state index in [-0.39, 0.29) is 16.3 Å². The molecule has 3 aromatic heterocycles. The number of aromatic nitrogens is 1. The van der Waals surface area contributed by atoms with Crippen molar-refractivity contribution < 1.29 is 19.1 Å². The highest BCUT2D eigenvalue weighted by Gasteiger charge is 2.24. The zero-order chi connectivity index (χ0) is 21.5. The van der Waals surface area contributed by atoms with Crippen LogP contribution in [0.1, 0.15) is 26.5 Å². The fraction of sp³-hybridized carbons (Fsp3) is 0.0417. The zero-order valence-corrected chi connectivity index (χ0v) is 17.2. The van der Waals surface area contributed by atoms with Gasteiger partial charge in [0, 0.05) is 27.9 Å². The first-order valence-corrected chi connectivity index (χ1v) is 10.4. The number of fused-ring (bicyclic) bond motifs is 2. The second kappa shape index (κ2) is 7.37. The monoisotopic (exact) mass is 428 g/mol. The number of thiophene rings is 1. The van der Waals surface area contributed by atoms with Gasteiger partial charge in [0.25, 0.3) is 5.91 Å². The normalized spacial score (nSPS) is 11.1. The predicted octanol–water partition coefficient (Wildman–Crippen LogP) is 5.97. The van der Waals surface area contributed by atoms with Gasteiger partial charge in [-0.05, 0) is 36.2 Å². The molecule has 31 heavy (non-hydrogen) atoms. The van der Waals surface area contributed by atoms with E-state index < -0.39 is 11.9 Å². The van der Waals surface area contributed by atoms with Crippen LogP contribution in [0.15, 0.2) is 70.6 Å². The van der Waals surface area contributed by atoms with Gasteiger partial charge in [0.2, 0.25) is 0 Å². The lowest BCUT2D eigenvalue weighted by molar-refractivity contribution is 0.0699. The third kappa shape index (κ3) is 3.25. The molecule has 7 heteroatoms. The Morgan fingerprint density at radius 1 is 1.06 bits per heavy atom. The van der Waals surface area contributed by atoms with Gasteiger partial charge in [-0.15, -0.1) is 11.3 Å². The van der Waals surface area contributed by atoms with Crippen molar-refractivity contribution in [2.75, 3.05) is 5.32 Å². The Bertz CT molecular complexity index is 1450. The zero-order valence-electron chi connectivity index (χ0n) is 16.4. The lowest BCUT2D eigenvalue weighted by atomic mass is 9.97. The molecule has 5 aromatic rings. The molecule has 5 rings (SSSR count). The minimum absolute atomic E-state index is 0.0449. The Morgan fingerprint density at radius 2 is 1.90 bits per heavy atom. The van der Waals surface area contributed by atoms with Crippen LogP contribution < -0.4 is 5.32 Å². The first kappa shape index (κ1) is 19.0. The number of hydrogen-bond donors (Lipinski definition) is 2. The highest BCUT2D eigenvalue weighted by Crippen LogP contribution is 2.39. The van der Waals surface area contributed by atoms with Crippen LogP contribution in [0.25, 0.3) is 33.0 Å². The molecule has 0 unspecified atom stereocenters. The maximum absolute atomic E-state index is 12.8. The number of hydrogen-bond acceptors (Lipinski definition) is 5. The van der Waals surface area contributed by atoms with E-state index in [0.29, 0.717) is 11.1 Å². The molecular weight excluding hydrogens is 412 g/mol. The molecule has 0 bridgehead atoms. The number of carbonyl (C=O) groups excluding carboxylic acids is 1. The van der Waals surface area contributed by atoms with Gasteiger partial charge < -0.3 is 14.8 Å². The molecule has 0 aliphatic heterocycles. The number of carboxylic acids is 1. The van der Waals surface area contributed by atoms with Crippen LogP contribution in [0.5, 0.6) is 0 Å². The number of rotatable bonds is 4. The fourth-order valence-electron chi connectivity index (χ4n) is 3.67. The molecule has 0 radical (unpaired) electrons. The second-order valence-corrected chi connectivity index (χ2v) is 7.97. The smallest absolute Gasteiger partial charge is 0.339 e. The van der Waals surface area contributed by atoms with E-state index in [0.717, 1.165) is 27.4 Å². The maximum atomic E-state index is 12.8. The number of anilines is 1. The quantitative estimate of drug-likeness (QED) is 0.368. The van der Waals surface area contributed by atoms with E-state index in [1.54, 1.807) is 23.7 Å². The number of aryl methyl sites for hydroxylation is 1. The largest absolute Gasteiger partial charge is 0.478 e. The molecule has 2 N–H and O–H groups in total. The Hall–Kier alpha value is -3.97. The Kier molecular flexibility index (Phi) is 4.52. The van der Waals surface area contributed by atoms with E-state index in [1.807, 2.05) is 49.4 Å². The van der Waals surface area contributed by atoms with E-state index in [2.05, 4.69) is 10.3 Å². The Balaban J connectivity index is 1.57. The molecule has 0 aliphatic carbocycles. The third-order valence-electron chi connectivity index (χ3n) is 5.14. The summed E-state index contributed by atoms with van der Waals surface area (Å²) in [6, 6.07) is 16.5. The first-order valence-electron chi connectivity index (χ1n) is 9.52. The number of carbonyl (C=O) groups is 2.